The molecule has 2 saturated heterocycles. The molecule has 2 unspecified atom stereocenters. The van der Waals surface area contributed by atoms with Crippen molar-refractivity contribution in [3.63, 3.8) is 0 Å². The van der Waals surface area contributed by atoms with Crippen LogP contribution >= 0.6 is 0 Å². The van der Waals surface area contributed by atoms with Gasteiger partial charge in [-0.1, -0.05) is 0 Å². The summed E-state index contributed by atoms with van der Waals surface area (Å²) in [5, 5.41) is 9.85. The summed E-state index contributed by atoms with van der Waals surface area (Å²) in [6, 6.07) is 0. The van der Waals surface area contributed by atoms with Crippen LogP contribution in [0.25, 0.3) is 0 Å². The fourth-order valence-corrected chi connectivity index (χ4v) is 3.03. The second kappa shape index (κ2) is 7.73. The number of nitrogens with zero attached hydrogens (tertiary/aromatic N) is 2. The SMILES string of the molecule is CC(OCC1CCCO1)C(=O)N1CCN(CC(C)(C)O)CC1. The van der Waals surface area contributed by atoms with Crippen LogP contribution in [0.4, 0.5) is 0 Å². The van der Waals surface area contributed by atoms with Crippen molar-refractivity contribution in [2.75, 3.05) is 45.9 Å². The molecule has 2 aliphatic rings. The van der Waals surface area contributed by atoms with E-state index in [2.05, 4.69) is 4.90 Å². The molecule has 0 aromatic rings. The van der Waals surface area contributed by atoms with Crippen molar-refractivity contribution in [2.45, 2.75) is 51.4 Å². The number of amides is 1. The normalized spacial score (nSPS) is 25.5. The van der Waals surface area contributed by atoms with Crippen LogP contribution < -0.4 is 0 Å². The van der Waals surface area contributed by atoms with Gasteiger partial charge >= 0.3 is 0 Å². The summed E-state index contributed by atoms with van der Waals surface area (Å²) >= 11 is 0. The lowest BCUT2D eigenvalue weighted by Gasteiger charge is -2.38. The Kier molecular flexibility index (Phi) is 6.20. The van der Waals surface area contributed by atoms with Gasteiger partial charge in [-0.2, -0.15) is 0 Å². The standard InChI is InChI=1S/C16H30N2O4/c1-13(22-11-14-5-4-10-21-14)15(19)18-8-6-17(7-9-18)12-16(2,3)20/h13-14,20H,4-12H2,1-3H3. The Hall–Kier alpha value is -0.690. The Bertz CT molecular complexity index is 356. The second-order valence-electron chi connectivity index (χ2n) is 7.02. The molecule has 0 aromatic carbocycles. The minimum Gasteiger partial charge on any atom is -0.389 e. The zero-order valence-electron chi connectivity index (χ0n) is 14.1. The van der Waals surface area contributed by atoms with Gasteiger partial charge in [-0.05, 0) is 33.6 Å². The lowest BCUT2D eigenvalue weighted by atomic mass is 10.1. The molecule has 0 aromatic heterocycles. The van der Waals surface area contributed by atoms with Crippen molar-refractivity contribution in [1.82, 2.24) is 9.80 Å². The van der Waals surface area contributed by atoms with Crippen LogP contribution in [-0.4, -0.2) is 84.6 Å². The number of hydrogen-bond donors (Lipinski definition) is 1. The molecule has 1 N–H and O–H groups in total. The van der Waals surface area contributed by atoms with E-state index in [0.717, 1.165) is 32.5 Å². The molecule has 0 radical (unpaired) electrons. The largest absolute Gasteiger partial charge is 0.389 e. The minimum atomic E-state index is -0.691. The van der Waals surface area contributed by atoms with Gasteiger partial charge in [0.25, 0.3) is 5.91 Å². The van der Waals surface area contributed by atoms with Crippen LogP contribution in [0.1, 0.15) is 33.6 Å². The number of carbonyl (C=O) groups is 1. The van der Waals surface area contributed by atoms with Gasteiger partial charge < -0.3 is 19.5 Å². The average Bonchev–Trinajstić information content (AvgIpc) is 2.96. The Labute approximate surface area is 133 Å². The summed E-state index contributed by atoms with van der Waals surface area (Å²) in [6.45, 7) is 10.4. The van der Waals surface area contributed by atoms with Gasteiger partial charge in [-0.15, -0.1) is 0 Å². The summed E-state index contributed by atoms with van der Waals surface area (Å²) in [5.41, 5.74) is -0.691. The van der Waals surface area contributed by atoms with Gasteiger partial charge in [-0.3, -0.25) is 9.69 Å². The Morgan fingerprint density at radius 1 is 1.36 bits per heavy atom. The molecule has 0 spiro atoms. The quantitative estimate of drug-likeness (QED) is 0.773. The third kappa shape index (κ3) is 5.50. The molecule has 2 heterocycles. The van der Waals surface area contributed by atoms with E-state index >= 15 is 0 Å². The predicted molar refractivity (Wildman–Crippen MR) is 83.7 cm³/mol. The number of carbonyl (C=O) groups excluding carboxylic acids is 1. The zero-order valence-corrected chi connectivity index (χ0v) is 14.1. The van der Waals surface area contributed by atoms with E-state index in [1.165, 1.54) is 0 Å². The maximum absolute atomic E-state index is 12.4. The highest BCUT2D eigenvalue weighted by Crippen LogP contribution is 2.14. The molecular formula is C16H30N2O4. The number of piperazine rings is 1. The number of aliphatic hydroxyl groups is 1. The molecule has 0 saturated carbocycles. The monoisotopic (exact) mass is 314 g/mol. The highest BCUT2D eigenvalue weighted by molar-refractivity contribution is 5.80. The van der Waals surface area contributed by atoms with Gasteiger partial charge in [0.1, 0.15) is 6.10 Å². The summed E-state index contributed by atoms with van der Waals surface area (Å²) in [7, 11) is 0. The van der Waals surface area contributed by atoms with Crippen LogP contribution in [0.2, 0.25) is 0 Å². The first kappa shape index (κ1) is 17.7. The van der Waals surface area contributed by atoms with E-state index in [4.69, 9.17) is 9.47 Å². The lowest BCUT2D eigenvalue weighted by Crippen LogP contribution is -2.53. The topological polar surface area (TPSA) is 62.2 Å². The van der Waals surface area contributed by atoms with Crippen LogP contribution in [0.15, 0.2) is 0 Å². The fourth-order valence-electron chi connectivity index (χ4n) is 3.03. The molecule has 2 rings (SSSR count). The van der Waals surface area contributed by atoms with Crippen LogP contribution in [0, 0.1) is 0 Å². The smallest absolute Gasteiger partial charge is 0.251 e. The highest BCUT2D eigenvalue weighted by Gasteiger charge is 2.28. The lowest BCUT2D eigenvalue weighted by molar-refractivity contribution is -0.146. The first-order valence-electron chi connectivity index (χ1n) is 8.32. The van der Waals surface area contributed by atoms with Crippen molar-refractivity contribution in [2.24, 2.45) is 0 Å². The summed E-state index contributed by atoms with van der Waals surface area (Å²) in [4.78, 5) is 16.4. The highest BCUT2D eigenvalue weighted by atomic mass is 16.5. The van der Waals surface area contributed by atoms with Crippen molar-refractivity contribution in [1.29, 1.82) is 0 Å². The third-order valence-corrected chi connectivity index (χ3v) is 4.20. The number of β-amino-alcohol motifs (C(OH)–C–C–N with tert-alkyl or cyclic N) is 1. The second-order valence-corrected chi connectivity index (χ2v) is 7.02. The van der Waals surface area contributed by atoms with E-state index in [1.54, 1.807) is 0 Å². The average molecular weight is 314 g/mol. The van der Waals surface area contributed by atoms with E-state index in [1.807, 2.05) is 25.7 Å². The fraction of sp³-hybridized carbons (Fsp3) is 0.938. The maximum atomic E-state index is 12.4. The van der Waals surface area contributed by atoms with E-state index in [9.17, 15) is 9.90 Å². The molecule has 0 aliphatic carbocycles. The van der Waals surface area contributed by atoms with Crippen LogP contribution in [0.5, 0.6) is 0 Å². The van der Waals surface area contributed by atoms with Crippen molar-refractivity contribution in [3.05, 3.63) is 0 Å². The Morgan fingerprint density at radius 2 is 2.05 bits per heavy atom. The first-order chi connectivity index (χ1) is 10.3. The number of rotatable bonds is 6. The molecule has 128 valence electrons. The molecular weight excluding hydrogens is 284 g/mol. The molecule has 2 aliphatic heterocycles. The van der Waals surface area contributed by atoms with Gasteiger partial charge in [-0.25, -0.2) is 0 Å². The predicted octanol–water partition coefficient (Wildman–Crippen LogP) is 0.486. The summed E-state index contributed by atoms with van der Waals surface area (Å²) < 4.78 is 11.2. The number of hydrogen-bond acceptors (Lipinski definition) is 5. The number of ether oxygens (including phenoxy) is 2. The first-order valence-corrected chi connectivity index (χ1v) is 8.32. The van der Waals surface area contributed by atoms with Crippen molar-refractivity contribution in [3.8, 4) is 0 Å². The molecule has 2 atom stereocenters. The zero-order chi connectivity index (χ0) is 16.2. The van der Waals surface area contributed by atoms with Crippen molar-refractivity contribution < 1.29 is 19.4 Å². The molecule has 0 bridgehead atoms. The minimum absolute atomic E-state index is 0.0564. The Balaban J connectivity index is 1.69. The third-order valence-electron chi connectivity index (χ3n) is 4.20. The molecule has 22 heavy (non-hydrogen) atoms. The van der Waals surface area contributed by atoms with E-state index in [-0.39, 0.29) is 12.0 Å². The van der Waals surface area contributed by atoms with Gasteiger partial charge in [0, 0.05) is 39.3 Å². The van der Waals surface area contributed by atoms with E-state index < -0.39 is 11.7 Å². The van der Waals surface area contributed by atoms with Crippen LogP contribution in [0.3, 0.4) is 0 Å². The Morgan fingerprint density at radius 3 is 2.59 bits per heavy atom. The molecule has 2 fully saturated rings. The molecule has 6 nitrogen and oxygen atoms in total. The van der Waals surface area contributed by atoms with Gasteiger partial charge in [0.2, 0.25) is 0 Å². The molecule has 6 heteroatoms. The van der Waals surface area contributed by atoms with Crippen LogP contribution in [-0.2, 0) is 14.3 Å². The van der Waals surface area contributed by atoms with E-state index in [0.29, 0.717) is 26.2 Å². The maximum Gasteiger partial charge on any atom is 0.251 e. The summed E-state index contributed by atoms with van der Waals surface area (Å²) in [6.07, 6.45) is 1.85. The van der Waals surface area contributed by atoms with Crippen molar-refractivity contribution >= 4 is 5.91 Å². The van der Waals surface area contributed by atoms with Gasteiger partial charge in [0.15, 0.2) is 0 Å². The molecule has 1 amide bonds. The van der Waals surface area contributed by atoms with Gasteiger partial charge in [0.05, 0.1) is 18.3 Å². The summed E-state index contributed by atoms with van der Waals surface area (Å²) in [5.74, 6) is 0.0564.